The van der Waals surface area contributed by atoms with E-state index in [0.29, 0.717) is 37.9 Å². The van der Waals surface area contributed by atoms with E-state index in [-0.39, 0.29) is 53.9 Å². The zero-order valence-electron chi connectivity index (χ0n) is 23.9. The lowest BCUT2D eigenvalue weighted by molar-refractivity contribution is -0.211. The van der Waals surface area contributed by atoms with Crippen LogP contribution in [-0.4, -0.2) is 53.3 Å². The molecule has 0 amide bonds. The fourth-order valence-electron chi connectivity index (χ4n) is 10.0. The van der Waals surface area contributed by atoms with Crippen molar-refractivity contribution in [1.82, 2.24) is 0 Å². The van der Waals surface area contributed by atoms with Crippen molar-refractivity contribution >= 4 is 17.5 Å². The number of aliphatic hydroxyl groups excluding tert-OH is 1. The molecule has 5 aliphatic carbocycles. The average molecular weight is 543 g/mol. The van der Waals surface area contributed by atoms with Gasteiger partial charge in [-0.05, 0) is 68.1 Å². The Balaban J connectivity index is 1.34. The Morgan fingerprint density at radius 2 is 1.95 bits per heavy atom. The van der Waals surface area contributed by atoms with Crippen molar-refractivity contribution in [2.45, 2.75) is 128 Å². The lowest BCUT2D eigenvalue weighted by Crippen LogP contribution is -2.63. The summed E-state index contributed by atoms with van der Waals surface area (Å²) in [7, 11) is 0. The highest BCUT2D eigenvalue weighted by molar-refractivity contribution is 5.92. The molecular weight excluding hydrogens is 496 g/mol. The molecule has 7 nitrogen and oxygen atoms in total. The third kappa shape index (κ3) is 4.12. The number of hydrogen-bond donors (Lipinski definition) is 1. The first-order valence-electron chi connectivity index (χ1n) is 15.6. The summed E-state index contributed by atoms with van der Waals surface area (Å²) in [4.78, 5) is 38.8. The average Bonchev–Trinajstić information content (AvgIpc) is 3.41. The van der Waals surface area contributed by atoms with Crippen LogP contribution in [0.25, 0.3) is 0 Å². The van der Waals surface area contributed by atoms with Gasteiger partial charge in [0.05, 0.1) is 12.2 Å². The van der Waals surface area contributed by atoms with Crippen LogP contribution in [0.1, 0.15) is 104 Å². The monoisotopic (exact) mass is 542 g/mol. The second-order valence-corrected chi connectivity index (χ2v) is 13.9. The fraction of sp³-hybridized carbons (Fsp3) is 0.844. The van der Waals surface area contributed by atoms with Crippen LogP contribution in [-0.2, 0) is 28.6 Å². The summed E-state index contributed by atoms with van der Waals surface area (Å²) in [5.74, 6) is 0.331. The van der Waals surface area contributed by atoms with Crippen LogP contribution < -0.4 is 0 Å². The second-order valence-electron chi connectivity index (χ2n) is 13.9. The number of esters is 1. The maximum Gasteiger partial charge on any atom is 0.306 e. The highest BCUT2D eigenvalue weighted by Gasteiger charge is 2.76. The highest BCUT2D eigenvalue weighted by Crippen LogP contribution is 2.70. The first-order chi connectivity index (χ1) is 18.6. The Morgan fingerprint density at radius 1 is 1.18 bits per heavy atom. The van der Waals surface area contributed by atoms with Crippen molar-refractivity contribution in [3.05, 3.63) is 11.6 Å². The van der Waals surface area contributed by atoms with E-state index in [2.05, 4.69) is 19.9 Å². The van der Waals surface area contributed by atoms with Gasteiger partial charge in [-0.25, -0.2) is 0 Å². The van der Waals surface area contributed by atoms with Crippen molar-refractivity contribution in [2.24, 2.45) is 34.5 Å². The molecule has 39 heavy (non-hydrogen) atoms. The van der Waals surface area contributed by atoms with E-state index in [1.165, 1.54) is 12.0 Å². The summed E-state index contributed by atoms with van der Waals surface area (Å²) in [5.41, 5.74) is -0.873. The summed E-state index contributed by atoms with van der Waals surface area (Å²) >= 11 is 0. The number of aliphatic hydroxyl groups is 1. The van der Waals surface area contributed by atoms with Crippen LogP contribution in [0.15, 0.2) is 11.6 Å². The van der Waals surface area contributed by atoms with Gasteiger partial charge in [-0.3, -0.25) is 14.4 Å². The summed E-state index contributed by atoms with van der Waals surface area (Å²) in [6, 6.07) is 0. The quantitative estimate of drug-likeness (QED) is 0.369. The van der Waals surface area contributed by atoms with Crippen LogP contribution in [0, 0.1) is 34.5 Å². The third-order valence-electron chi connectivity index (χ3n) is 11.9. The molecule has 1 N–H and O–H groups in total. The predicted octanol–water partition coefficient (Wildman–Crippen LogP) is 5.07. The molecule has 6 aliphatic rings. The molecule has 9 atom stereocenters. The minimum absolute atomic E-state index is 0.0474. The molecule has 1 saturated heterocycles. The lowest BCUT2D eigenvalue weighted by Gasteiger charge is -2.60. The highest BCUT2D eigenvalue weighted by atomic mass is 16.7. The topological polar surface area (TPSA) is 99.1 Å². The van der Waals surface area contributed by atoms with Crippen LogP contribution >= 0.6 is 0 Å². The van der Waals surface area contributed by atoms with Gasteiger partial charge in [0.1, 0.15) is 5.78 Å². The second kappa shape index (κ2) is 10.1. The number of ether oxygens (including phenoxy) is 3. The van der Waals surface area contributed by atoms with Crippen molar-refractivity contribution in [3.63, 3.8) is 0 Å². The molecule has 1 heterocycles. The van der Waals surface area contributed by atoms with Crippen molar-refractivity contribution in [3.8, 4) is 0 Å². The molecule has 0 spiro atoms. The van der Waals surface area contributed by atoms with E-state index in [1.54, 1.807) is 0 Å². The zero-order valence-corrected chi connectivity index (χ0v) is 23.9. The van der Waals surface area contributed by atoms with E-state index < -0.39 is 29.5 Å². The minimum atomic E-state index is -1.23. The number of Topliss-reactive ketones (excluding diaryl/α,β-unsaturated/α-hetero) is 2. The van der Waals surface area contributed by atoms with E-state index in [4.69, 9.17) is 14.2 Å². The van der Waals surface area contributed by atoms with Gasteiger partial charge in [0, 0.05) is 30.6 Å². The van der Waals surface area contributed by atoms with Gasteiger partial charge in [0.2, 0.25) is 5.78 Å². The van der Waals surface area contributed by atoms with Gasteiger partial charge in [0.25, 0.3) is 0 Å². The first kappa shape index (κ1) is 27.6. The summed E-state index contributed by atoms with van der Waals surface area (Å²) in [5, 5.41) is 11.9. The van der Waals surface area contributed by atoms with Gasteiger partial charge >= 0.3 is 5.97 Å². The van der Waals surface area contributed by atoms with Crippen LogP contribution in [0.5, 0.6) is 0 Å². The summed E-state index contributed by atoms with van der Waals surface area (Å²) in [6.07, 6.45) is 11.1. The van der Waals surface area contributed by atoms with Gasteiger partial charge in [-0.2, -0.15) is 0 Å². The number of allylic oxidation sites excluding steroid dienone is 2. The van der Waals surface area contributed by atoms with E-state index in [9.17, 15) is 19.5 Å². The maximum atomic E-state index is 14.2. The molecular formula is C32H46O7. The third-order valence-corrected chi connectivity index (χ3v) is 11.9. The van der Waals surface area contributed by atoms with Gasteiger partial charge in [-0.1, -0.05) is 51.7 Å². The summed E-state index contributed by atoms with van der Waals surface area (Å²) < 4.78 is 19.0. The van der Waals surface area contributed by atoms with Crippen molar-refractivity contribution < 1.29 is 33.7 Å². The fourth-order valence-corrected chi connectivity index (χ4v) is 10.0. The van der Waals surface area contributed by atoms with Crippen LogP contribution in [0.2, 0.25) is 0 Å². The first-order valence-corrected chi connectivity index (χ1v) is 15.6. The molecule has 6 rings (SSSR count). The number of ketones is 2. The molecule has 0 radical (unpaired) electrons. The largest absolute Gasteiger partial charge is 0.458 e. The Morgan fingerprint density at radius 3 is 2.69 bits per heavy atom. The molecule has 1 unspecified atom stereocenters. The van der Waals surface area contributed by atoms with Crippen molar-refractivity contribution in [2.75, 3.05) is 6.61 Å². The standard InChI is InChI=1S/C32H46O7/c1-4-8-27(36)37-18-25(35)32-26(38-29(39-32)19-9-6-5-7-10-19)16-23-22-12-11-20-15-21(33)13-14-30(20,2)28(22)24(34)17-31(23,32)3/h11,19,22-24,26,28-29,34H,4-10,12-18H2,1-3H3/t22-,23-,24-,26+,28+,29?,30-,31-,32+/m0/s1. The summed E-state index contributed by atoms with van der Waals surface area (Å²) in [6.45, 7) is 5.97. The van der Waals surface area contributed by atoms with Gasteiger partial charge in [0.15, 0.2) is 18.5 Å². The number of carbonyl (C=O) groups is 3. The molecule has 0 aromatic carbocycles. The Hall–Kier alpha value is -1.57. The van der Waals surface area contributed by atoms with E-state index >= 15 is 0 Å². The molecule has 0 aromatic rings. The Bertz CT molecular complexity index is 1050. The number of hydrogen-bond acceptors (Lipinski definition) is 7. The van der Waals surface area contributed by atoms with Crippen LogP contribution in [0.3, 0.4) is 0 Å². The van der Waals surface area contributed by atoms with Crippen molar-refractivity contribution in [1.29, 1.82) is 0 Å². The SMILES string of the molecule is CCCC(=O)OCC(=O)[C@@]12OC(C3CCCCC3)O[C@@H]1C[C@H]1[C@@H]3CC=C4CC(=O)CC[C@]4(C)[C@H]3[C@@H](O)C[C@@]12C. The van der Waals surface area contributed by atoms with Crippen LogP contribution in [0.4, 0.5) is 0 Å². The van der Waals surface area contributed by atoms with E-state index in [1.807, 2.05) is 6.92 Å². The molecule has 5 fully saturated rings. The molecule has 0 aromatic heterocycles. The lowest BCUT2D eigenvalue weighted by atomic mass is 9.46. The smallest absolute Gasteiger partial charge is 0.306 e. The Labute approximate surface area is 232 Å². The van der Waals surface area contributed by atoms with Gasteiger partial charge < -0.3 is 19.3 Å². The normalized spacial score (nSPS) is 45.5. The number of carbonyl (C=O) groups excluding carboxylic acids is 3. The molecule has 7 heteroatoms. The zero-order chi connectivity index (χ0) is 27.6. The minimum Gasteiger partial charge on any atom is -0.458 e. The van der Waals surface area contributed by atoms with Gasteiger partial charge in [-0.15, -0.1) is 0 Å². The molecule has 4 saturated carbocycles. The number of rotatable bonds is 6. The Kier molecular flexibility index (Phi) is 7.12. The molecule has 216 valence electrons. The molecule has 0 bridgehead atoms. The maximum absolute atomic E-state index is 14.2. The molecule has 1 aliphatic heterocycles. The number of fused-ring (bicyclic) bond motifs is 7. The predicted molar refractivity (Wildman–Crippen MR) is 143 cm³/mol. The van der Waals surface area contributed by atoms with E-state index in [0.717, 1.165) is 38.5 Å².